The average Bonchev–Trinajstić information content (AvgIpc) is 2.88. The molecule has 0 unspecified atom stereocenters. The lowest BCUT2D eigenvalue weighted by Crippen LogP contribution is -2.17. The Bertz CT molecular complexity index is 665. The molecule has 102 valence electrons. The van der Waals surface area contributed by atoms with E-state index in [0.717, 1.165) is 11.3 Å². The third kappa shape index (κ3) is 3.66. The highest BCUT2D eigenvalue weighted by Crippen LogP contribution is 2.14. The minimum Gasteiger partial charge on any atom is -0.477 e. The predicted molar refractivity (Wildman–Crippen MR) is 77.8 cm³/mol. The summed E-state index contributed by atoms with van der Waals surface area (Å²) in [5.74, 6) is -1.35. The lowest BCUT2D eigenvalue weighted by Gasteiger charge is -1.99. The Balaban J connectivity index is 1.97. The van der Waals surface area contributed by atoms with Crippen LogP contribution in [-0.2, 0) is 0 Å². The molecule has 0 spiro atoms. The van der Waals surface area contributed by atoms with Gasteiger partial charge in [-0.3, -0.25) is 4.79 Å². The zero-order valence-electron chi connectivity index (χ0n) is 10.0. The number of rotatable bonds is 4. The number of benzene rings is 1. The maximum absolute atomic E-state index is 11.7. The maximum atomic E-state index is 11.7. The Labute approximate surface area is 123 Å². The van der Waals surface area contributed by atoms with Crippen molar-refractivity contribution in [2.45, 2.75) is 0 Å². The van der Waals surface area contributed by atoms with Crippen LogP contribution in [-0.4, -0.2) is 23.2 Å². The van der Waals surface area contributed by atoms with Crippen molar-refractivity contribution < 1.29 is 14.7 Å². The first-order chi connectivity index (χ1) is 9.56. The molecule has 1 aromatic heterocycles. The van der Waals surface area contributed by atoms with Crippen molar-refractivity contribution in [3.8, 4) is 0 Å². The highest BCUT2D eigenvalue weighted by Gasteiger charge is 2.06. The zero-order chi connectivity index (χ0) is 14.5. The first kappa shape index (κ1) is 14.2. The van der Waals surface area contributed by atoms with E-state index in [-0.39, 0.29) is 10.8 Å². The number of aromatic carboxylic acids is 1. The zero-order valence-corrected chi connectivity index (χ0v) is 11.6. The molecule has 0 fully saturated rings. The van der Waals surface area contributed by atoms with E-state index in [1.807, 2.05) is 0 Å². The summed E-state index contributed by atoms with van der Waals surface area (Å²) < 4.78 is 0. The van der Waals surface area contributed by atoms with Crippen molar-refractivity contribution in [2.75, 3.05) is 0 Å². The molecule has 5 nitrogen and oxygen atoms in total. The number of carboxylic acids is 1. The quantitative estimate of drug-likeness (QED) is 0.673. The summed E-state index contributed by atoms with van der Waals surface area (Å²) in [6.45, 7) is 0. The number of carboxylic acid groups (broad SMARTS) is 1. The van der Waals surface area contributed by atoms with E-state index in [1.54, 1.807) is 30.3 Å². The standard InChI is InChI=1S/C13H9ClN2O3S/c14-9-3-1-8(2-4-9)12(17)16-15-7-10-5-6-11(20-10)13(18)19/h1-7H,(H,16,17)(H,18,19)/b15-7+. The van der Waals surface area contributed by atoms with Gasteiger partial charge in [-0.15, -0.1) is 11.3 Å². The van der Waals surface area contributed by atoms with Crippen LogP contribution >= 0.6 is 22.9 Å². The van der Waals surface area contributed by atoms with Crippen LogP contribution in [0.15, 0.2) is 41.5 Å². The number of hydrogen-bond donors (Lipinski definition) is 2. The van der Waals surface area contributed by atoms with Gasteiger partial charge < -0.3 is 5.11 Å². The summed E-state index contributed by atoms with van der Waals surface area (Å²) in [7, 11) is 0. The fraction of sp³-hybridized carbons (Fsp3) is 0. The summed E-state index contributed by atoms with van der Waals surface area (Å²) in [6.07, 6.45) is 1.39. The monoisotopic (exact) mass is 308 g/mol. The van der Waals surface area contributed by atoms with Crippen molar-refractivity contribution >= 4 is 41.0 Å². The summed E-state index contributed by atoms with van der Waals surface area (Å²) in [4.78, 5) is 23.3. The van der Waals surface area contributed by atoms with Crippen LogP contribution in [0.25, 0.3) is 0 Å². The van der Waals surface area contributed by atoms with Crippen molar-refractivity contribution in [3.05, 3.63) is 56.7 Å². The second-order valence-electron chi connectivity index (χ2n) is 3.71. The smallest absolute Gasteiger partial charge is 0.345 e. The van der Waals surface area contributed by atoms with Gasteiger partial charge >= 0.3 is 5.97 Å². The maximum Gasteiger partial charge on any atom is 0.345 e. The third-order valence-corrected chi connectivity index (χ3v) is 3.56. The number of carbonyl (C=O) groups is 2. The molecule has 2 rings (SSSR count). The molecule has 7 heteroatoms. The predicted octanol–water partition coefficient (Wildman–Crippen LogP) is 2.86. The minimum absolute atomic E-state index is 0.218. The molecule has 0 saturated heterocycles. The summed E-state index contributed by atoms with van der Waals surface area (Å²) >= 11 is 6.79. The van der Waals surface area contributed by atoms with E-state index in [0.29, 0.717) is 15.5 Å². The van der Waals surface area contributed by atoms with Crippen LogP contribution in [0.5, 0.6) is 0 Å². The summed E-state index contributed by atoms with van der Waals surface area (Å²) in [6, 6.07) is 9.49. The number of hydrazone groups is 1. The van der Waals surface area contributed by atoms with Gasteiger partial charge in [0.15, 0.2) is 0 Å². The molecule has 0 radical (unpaired) electrons. The van der Waals surface area contributed by atoms with E-state index >= 15 is 0 Å². The van der Waals surface area contributed by atoms with Crippen LogP contribution in [0.2, 0.25) is 5.02 Å². The SMILES string of the molecule is O=C(N/N=C/c1ccc(C(=O)O)s1)c1ccc(Cl)cc1. The number of thiophene rings is 1. The number of hydrogen-bond acceptors (Lipinski definition) is 4. The minimum atomic E-state index is -0.986. The van der Waals surface area contributed by atoms with Gasteiger partial charge in [0.05, 0.1) is 6.21 Å². The molecule has 2 N–H and O–H groups in total. The molecular weight excluding hydrogens is 300 g/mol. The van der Waals surface area contributed by atoms with Crippen LogP contribution in [0.1, 0.15) is 24.9 Å². The third-order valence-electron chi connectivity index (χ3n) is 2.30. The van der Waals surface area contributed by atoms with Gasteiger partial charge in [0.2, 0.25) is 0 Å². The highest BCUT2D eigenvalue weighted by molar-refractivity contribution is 7.15. The van der Waals surface area contributed by atoms with E-state index < -0.39 is 5.97 Å². The molecule has 0 aliphatic carbocycles. The van der Waals surface area contributed by atoms with E-state index in [4.69, 9.17) is 16.7 Å². The molecule has 0 aliphatic rings. The largest absolute Gasteiger partial charge is 0.477 e. The van der Waals surface area contributed by atoms with Gasteiger partial charge in [-0.1, -0.05) is 11.6 Å². The van der Waals surface area contributed by atoms with Gasteiger partial charge in [0.1, 0.15) is 4.88 Å². The van der Waals surface area contributed by atoms with Crippen molar-refractivity contribution in [2.24, 2.45) is 5.10 Å². The van der Waals surface area contributed by atoms with Crippen molar-refractivity contribution in [1.29, 1.82) is 0 Å². The van der Waals surface area contributed by atoms with E-state index in [9.17, 15) is 9.59 Å². The molecule has 0 atom stereocenters. The normalized spacial score (nSPS) is 10.7. The van der Waals surface area contributed by atoms with Crippen LogP contribution in [0.4, 0.5) is 0 Å². The van der Waals surface area contributed by atoms with Gasteiger partial charge in [-0.05, 0) is 36.4 Å². The number of carbonyl (C=O) groups excluding carboxylic acids is 1. The van der Waals surface area contributed by atoms with Crippen molar-refractivity contribution in [1.82, 2.24) is 5.43 Å². The highest BCUT2D eigenvalue weighted by atomic mass is 35.5. The topological polar surface area (TPSA) is 78.8 Å². The fourth-order valence-corrected chi connectivity index (χ4v) is 2.20. The average molecular weight is 309 g/mol. The Morgan fingerprint density at radius 2 is 1.90 bits per heavy atom. The fourth-order valence-electron chi connectivity index (χ4n) is 1.36. The number of halogens is 1. The summed E-state index contributed by atoms with van der Waals surface area (Å²) in [5, 5.41) is 13.1. The van der Waals surface area contributed by atoms with Gasteiger partial charge in [-0.25, -0.2) is 10.2 Å². The van der Waals surface area contributed by atoms with Gasteiger partial charge in [0, 0.05) is 15.5 Å². The molecule has 1 heterocycles. The Kier molecular flexibility index (Phi) is 4.49. The van der Waals surface area contributed by atoms with Crippen LogP contribution in [0.3, 0.4) is 0 Å². The molecule has 1 amide bonds. The summed E-state index contributed by atoms with van der Waals surface area (Å²) in [5.41, 5.74) is 2.79. The number of nitrogens with one attached hydrogen (secondary N) is 1. The Morgan fingerprint density at radius 3 is 2.50 bits per heavy atom. The van der Waals surface area contributed by atoms with E-state index in [1.165, 1.54) is 12.3 Å². The Hall–Kier alpha value is -2.18. The molecule has 0 aliphatic heterocycles. The molecular formula is C13H9ClN2O3S. The molecule has 1 aromatic carbocycles. The first-order valence-electron chi connectivity index (χ1n) is 5.48. The van der Waals surface area contributed by atoms with Crippen LogP contribution in [0, 0.1) is 0 Å². The first-order valence-corrected chi connectivity index (χ1v) is 6.68. The van der Waals surface area contributed by atoms with E-state index in [2.05, 4.69) is 10.5 Å². The molecule has 0 saturated carbocycles. The lowest BCUT2D eigenvalue weighted by molar-refractivity contribution is 0.0702. The molecule has 2 aromatic rings. The lowest BCUT2D eigenvalue weighted by atomic mass is 10.2. The molecule has 0 bridgehead atoms. The van der Waals surface area contributed by atoms with Crippen molar-refractivity contribution in [3.63, 3.8) is 0 Å². The van der Waals surface area contributed by atoms with Gasteiger partial charge in [0.25, 0.3) is 5.91 Å². The second kappa shape index (κ2) is 6.31. The molecule has 20 heavy (non-hydrogen) atoms. The number of nitrogens with zero attached hydrogens (tertiary/aromatic N) is 1. The number of amides is 1. The Morgan fingerprint density at radius 1 is 1.20 bits per heavy atom. The van der Waals surface area contributed by atoms with Crippen LogP contribution < -0.4 is 5.43 Å². The van der Waals surface area contributed by atoms with Gasteiger partial charge in [-0.2, -0.15) is 5.10 Å². The second-order valence-corrected chi connectivity index (χ2v) is 5.26.